The third kappa shape index (κ3) is 3.14. The third-order valence-corrected chi connectivity index (χ3v) is 7.24. The van der Waals surface area contributed by atoms with Crippen molar-refractivity contribution >= 4 is 10.0 Å². The molecule has 2 atom stereocenters. The SMILES string of the molecule is O=S(=O)(CC1CCCCC1)N1CCC2CNCC2C1. The Bertz CT molecular complexity index is 404. The monoisotopic (exact) mass is 286 g/mol. The summed E-state index contributed by atoms with van der Waals surface area (Å²) >= 11 is 0. The van der Waals surface area contributed by atoms with E-state index in [9.17, 15) is 8.42 Å². The van der Waals surface area contributed by atoms with E-state index in [0.717, 1.165) is 45.4 Å². The zero-order chi connectivity index (χ0) is 13.3. The molecule has 0 radical (unpaired) electrons. The molecule has 4 nitrogen and oxygen atoms in total. The number of rotatable bonds is 3. The zero-order valence-corrected chi connectivity index (χ0v) is 12.5. The van der Waals surface area contributed by atoms with Gasteiger partial charge in [0.15, 0.2) is 0 Å². The molecule has 3 rings (SSSR count). The Hall–Kier alpha value is -0.130. The number of sulfonamides is 1. The fourth-order valence-corrected chi connectivity index (χ4v) is 5.95. The molecule has 1 N–H and O–H groups in total. The summed E-state index contributed by atoms with van der Waals surface area (Å²) in [7, 11) is -3.02. The summed E-state index contributed by atoms with van der Waals surface area (Å²) in [6.45, 7) is 3.59. The second-order valence-corrected chi connectivity index (χ2v) is 8.62. The molecule has 5 heteroatoms. The predicted octanol–water partition coefficient (Wildman–Crippen LogP) is 1.44. The van der Waals surface area contributed by atoms with Gasteiger partial charge in [-0.25, -0.2) is 12.7 Å². The van der Waals surface area contributed by atoms with Crippen molar-refractivity contribution < 1.29 is 8.42 Å². The van der Waals surface area contributed by atoms with Gasteiger partial charge in [-0.2, -0.15) is 0 Å². The van der Waals surface area contributed by atoms with E-state index in [1.807, 2.05) is 0 Å². The predicted molar refractivity (Wildman–Crippen MR) is 76.4 cm³/mol. The first kappa shape index (κ1) is 13.8. The molecular formula is C14H26N2O2S. The quantitative estimate of drug-likeness (QED) is 0.854. The Morgan fingerprint density at radius 3 is 2.53 bits per heavy atom. The van der Waals surface area contributed by atoms with Gasteiger partial charge in [0.1, 0.15) is 0 Å². The molecule has 3 fully saturated rings. The largest absolute Gasteiger partial charge is 0.316 e. The first-order valence-corrected chi connectivity index (χ1v) is 9.44. The van der Waals surface area contributed by atoms with Crippen LogP contribution < -0.4 is 5.32 Å². The van der Waals surface area contributed by atoms with E-state index in [1.54, 1.807) is 4.31 Å². The van der Waals surface area contributed by atoms with E-state index in [0.29, 0.717) is 23.5 Å². The molecule has 0 amide bonds. The van der Waals surface area contributed by atoms with Crippen molar-refractivity contribution in [3.8, 4) is 0 Å². The van der Waals surface area contributed by atoms with Gasteiger partial charge in [0, 0.05) is 13.1 Å². The standard InChI is InChI=1S/C14H26N2O2S/c17-19(18,11-12-4-2-1-3-5-12)16-7-6-13-8-15-9-14(13)10-16/h12-15H,1-11H2. The van der Waals surface area contributed by atoms with Gasteiger partial charge in [-0.05, 0) is 50.1 Å². The molecule has 3 aliphatic rings. The average molecular weight is 286 g/mol. The summed E-state index contributed by atoms with van der Waals surface area (Å²) in [5.74, 6) is 2.08. The molecule has 19 heavy (non-hydrogen) atoms. The van der Waals surface area contributed by atoms with Crippen LogP contribution in [-0.4, -0.2) is 44.7 Å². The highest BCUT2D eigenvalue weighted by Crippen LogP contribution is 2.30. The summed E-state index contributed by atoms with van der Waals surface area (Å²) in [5, 5.41) is 3.40. The van der Waals surface area contributed by atoms with Gasteiger partial charge in [0.2, 0.25) is 10.0 Å². The molecule has 0 aromatic heterocycles. The second-order valence-electron chi connectivity index (χ2n) is 6.61. The lowest BCUT2D eigenvalue weighted by Crippen LogP contribution is -2.45. The summed E-state index contributed by atoms with van der Waals surface area (Å²) in [4.78, 5) is 0. The second kappa shape index (κ2) is 5.70. The normalized spacial score (nSPS) is 34.3. The first-order chi connectivity index (χ1) is 9.15. The molecule has 2 saturated heterocycles. The average Bonchev–Trinajstić information content (AvgIpc) is 2.86. The van der Waals surface area contributed by atoms with E-state index in [4.69, 9.17) is 0 Å². The molecule has 0 bridgehead atoms. The number of hydrogen-bond acceptors (Lipinski definition) is 3. The molecule has 110 valence electrons. The number of hydrogen-bond donors (Lipinski definition) is 1. The number of fused-ring (bicyclic) bond motifs is 1. The van der Waals surface area contributed by atoms with Gasteiger partial charge in [-0.15, -0.1) is 0 Å². The summed E-state index contributed by atoms with van der Waals surface area (Å²) in [6, 6.07) is 0. The zero-order valence-electron chi connectivity index (χ0n) is 11.7. The smallest absolute Gasteiger partial charge is 0.214 e. The Balaban J connectivity index is 1.60. The van der Waals surface area contributed by atoms with E-state index in [1.165, 1.54) is 19.3 Å². The maximum Gasteiger partial charge on any atom is 0.214 e. The van der Waals surface area contributed by atoms with Gasteiger partial charge in [0.25, 0.3) is 0 Å². The van der Waals surface area contributed by atoms with Crippen LogP contribution in [0, 0.1) is 17.8 Å². The molecule has 0 aromatic carbocycles. The maximum absolute atomic E-state index is 12.5. The molecule has 1 saturated carbocycles. The molecule has 2 heterocycles. The van der Waals surface area contributed by atoms with Crippen LogP contribution in [0.2, 0.25) is 0 Å². The minimum Gasteiger partial charge on any atom is -0.316 e. The number of nitrogens with one attached hydrogen (secondary N) is 1. The van der Waals surface area contributed by atoms with Crippen LogP contribution in [0.1, 0.15) is 38.5 Å². The van der Waals surface area contributed by atoms with Crippen LogP contribution in [-0.2, 0) is 10.0 Å². The van der Waals surface area contributed by atoms with Crippen molar-refractivity contribution in [2.75, 3.05) is 31.9 Å². The van der Waals surface area contributed by atoms with Crippen LogP contribution in [0.5, 0.6) is 0 Å². The van der Waals surface area contributed by atoms with Gasteiger partial charge in [-0.3, -0.25) is 0 Å². The van der Waals surface area contributed by atoms with Crippen molar-refractivity contribution in [1.82, 2.24) is 9.62 Å². The Labute approximate surface area is 117 Å². The van der Waals surface area contributed by atoms with Gasteiger partial charge in [0.05, 0.1) is 5.75 Å². The number of nitrogens with zero attached hydrogens (tertiary/aromatic N) is 1. The number of piperidine rings is 1. The summed E-state index contributed by atoms with van der Waals surface area (Å²) in [6.07, 6.45) is 6.99. The lowest BCUT2D eigenvalue weighted by molar-refractivity contribution is 0.226. The summed E-state index contributed by atoms with van der Waals surface area (Å²) < 4.78 is 26.9. The van der Waals surface area contributed by atoms with Crippen LogP contribution in [0.4, 0.5) is 0 Å². The lowest BCUT2D eigenvalue weighted by atomic mass is 9.90. The van der Waals surface area contributed by atoms with Crippen LogP contribution >= 0.6 is 0 Å². The van der Waals surface area contributed by atoms with Crippen molar-refractivity contribution in [3.05, 3.63) is 0 Å². The van der Waals surface area contributed by atoms with Crippen LogP contribution in [0.25, 0.3) is 0 Å². The van der Waals surface area contributed by atoms with Gasteiger partial charge < -0.3 is 5.32 Å². The first-order valence-electron chi connectivity index (χ1n) is 7.84. The highest BCUT2D eigenvalue weighted by molar-refractivity contribution is 7.89. The molecule has 2 unspecified atom stereocenters. The third-order valence-electron chi connectivity index (χ3n) is 5.23. The maximum atomic E-state index is 12.5. The highest BCUT2D eigenvalue weighted by Gasteiger charge is 2.37. The highest BCUT2D eigenvalue weighted by atomic mass is 32.2. The van der Waals surface area contributed by atoms with Crippen molar-refractivity contribution in [2.24, 2.45) is 17.8 Å². The van der Waals surface area contributed by atoms with E-state index >= 15 is 0 Å². The van der Waals surface area contributed by atoms with E-state index < -0.39 is 10.0 Å². The Morgan fingerprint density at radius 2 is 1.74 bits per heavy atom. The minimum atomic E-state index is -3.02. The lowest BCUT2D eigenvalue weighted by Gasteiger charge is -2.34. The Kier molecular flexibility index (Phi) is 4.15. The topological polar surface area (TPSA) is 49.4 Å². The van der Waals surface area contributed by atoms with Crippen LogP contribution in [0.3, 0.4) is 0 Å². The van der Waals surface area contributed by atoms with Crippen LogP contribution in [0.15, 0.2) is 0 Å². The van der Waals surface area contributed by atoms with E-state index in [2.05, 4.69) is 5.32 Å². The summed E-state index contributed by atoms with van der Waals surface area (Å²) in [5.41, 5.74) is 0. The van der Waals surface area contributed by atoms with E-state index in [-0.39, 0.29) is 0 Å². The fraction of sp³-hybridized carbons (Fsp3) is 1.00. The molecule has 0 spiro atoms. The van der Waals surface area contributed by atoms with Gasteiger partial charge in [-0.1, -0.05) is 19.3 Å². The molecular weight excluding hydrogens is 260 g/mol. The minimum absolute atomic E-state index is 0.401. The molecule has 2 aliphatic heterocycles. The molecule has 1 aliphatic carbocycles. The van der Waals surface area contributed by atoms with Crippen molar-refractivity contribution in [3.63, 3.8) is 0 Å². The fourth-order valence-electron chi connectivity index (χ4n) is 4.01. The molecule has 0 aromatic rings. The van der Waals surface area contributed by atoms with Crippen molar-refractivity contribution in [1.29, 1.82) is 0 Å². The van der Waals surface area contributed by atoms with Gasteiger partial charge >= 0.3 is 0 Å². The van der Waals surface area contributed by atoms with Crippen molar-refractivity contribution in [2.45, 2.75) is 38.5 Å². The Morgan fingerprint density at radius 1 is 1.00 bits per heavy atom.